The van der Waals surface area contributed by atoms with Crippen LogP contribution in [0.4, 0.5) is 8.78 Å². The lowest BCUT2D eigenvalue weighted by atomic mass is 10.1. The zero-order valence-corrected chi connectivity index (χ0v) is 4.95. The summed E-state index contributed by atoms with van der Waals surface area (Å²) in [7, 11) is 0. The van der Waals surface area contributed by atoms with Crippen molar-refractivity contribution in [3.63, 3.8) is 0 Å². The summed E-state index contributed by atoms with van der Waals surface area (Å²) in [5, 5.41) is 0. The largest absolute Gasteiger partial charge is 0.248 e. The normalized spacial score (nSPS) is 35.6. The number of hydrogen-bond acceptors (Lipinski definition) is 0. The fraction of sp³-hybridized carbons (Fsp3) is 1.00. The molecule has 0 unspecified atom stereocenters. The molecule has 1 rings (SSSR count). The average molecular weight is 120 g/mol. The van der Waals surface area contributed by atoms with Crippen molar-refractivity contribution in [2.75, 3.05) is 0 Å². The Labute approximate surface area is 47.9 Å². The third-order valence-electron chi connectivity index (χ3n) is 1.65. The molecule has 0 radical (unpaired) electrons. The molecule has 0 aromatic carbocycles. The van der Waals surface area contributed by atoms with Crippen LogP contribution in [0.25, 0.3) is 0 Å². The van der Waals surface area contributed by atoms with Gasteiger partial charge < -0.3 is 0 Å². The Morgan fingerprint density at radius 3 is 2.25 bits per heavy atom. The van der Waals surface area contributed by atoms with E-state index in [1.165, 1.54) is 0 Å². The molecule has 1 aliphatic rings. The van der Waals surface area contributed by atoms with Crippen LogP contribution in [-0.4, -0.2) is 5.92 Å². The van der Waals surface area contributed by atoms with Gasteiger partial charge in [0.1, 0.15) is 0 Å². The highest BCUT2D eigenvalue weighted by Gasteiger charge is 2.36. The highest BCUT2D eigenvalue weighted by Crippen LogP contribution is 2.38. The zero-order chi connectivity index (χ0) is 6.20. The monoisotopic (exact) mass is 120 g/mol. The number of halogens is 2. The minimum Gasteiger partial charge on any atom is -0.207 e. The van der Waals surface area contributed by atoms with Gasteiger partial charge in [-0.1, -0.05) is 6.92 Å². The first-order chi connectivity index (χ1) is 3.60. The summed E-state index contributed by atoms with van der Waals surface area (Å²) in [4.78, 5) is 0. The van der Waals surface area contributed by atoms with Gasteiger partial charge in [-0.3, -0.25) is 0 Å². The van der Waals surface area contributed by atoms with E-state index < -0.39 is 5.92 Å². The lowest BCUT2D eigenvalue weighted by Crippen LogP contribution is -2.08. The van der Waals surface area contributed by atoms with Gasteiger partial charge in [0.15, 0.2) is 0 Å². The van der Waals surface area contributed by atoms with E-state index in [9.17, 15) is 8.78 Å². The minimum absolute atomic E-state index is 0.104. The molecule has 1 saturated carbocycles. The van der Waals surface area contributed by atoms with Gasteiger partial charge in [-0.2, -0.15) is 0 Å². The summed E-state index contributed by atoms with van der Waals surface area (Å²) >= 11 is 0. The lowest BCUT2D eigenvalue weighted by molar-refractivity contribution is 0.00580. The van der Waals surface area contributed by atoms with Crippen LogP contribution in [0.3, 0.4) is 0 Å². The van der Waals surface area contributed by atoms with E-state index in [1.807, 2.05) is 6.92 Å². The van der Waals surface area contributed by atoms with Crippen molar-refractivity contribution in [3.05, 3.63) is 0 Å². The maximum Gasteiger partial charge on any atom is 0.248 e. The van der Waals surface area contributed by atoms with Crippen molar-refractivity contribution < 1.29 is 8.78 Å². The Bertz CT molecular complexity index is 88.5. The molecule has 2 heteroatoms. The second-order valence-electron chi connectivity index (χ2n) is 2.70. The van der Waals surface area contributed by atoms with Gasteiger partial charge in [-0.15, -0.1) is 0 Å². The van der Waals surface area contributed by atoms with Crippen molar-refractivity contribution in [1.82, 2.24) is 0 Å². The van der Waals surface area contributed by atoms with Crippen LogP contribution in [0.5, 0.6) is 0 Å². The molecule has 0 heterocycles. The Morgan fingerprint density at radius 2 is 2.12 bits per heavy atom. The first kappa shape index (κ1) is 5.99. The third kappa shape index (κ3) is 1.17. The van der Waals surface area contributed by atoms with Crippen molar-refractivity contribution in [2.45, 2.75) is 32.1 Å². The number of alkyl halides is 2. The Morgan fingerprint density at radius 1 is 1.50 bits per heavy atom. The molecule has 0 aliphatic heterocycles. The SMILES string of the molecule is C[C@@H]1CCC(F)(F)C1. The van der Waals surface area contributed by atoms with Gasteiger partial charge in [0, 0.05) is 12.8 Å². The fourth-order valence-electron chi connectivity index (χ4n) is 1.17. The molecule has 0 nitrogen and oxygen atoms in total. The van der Waals surface area contributed by atoms with Crippen LogP contribution in [-0.2, 0) is 0 Å². The van der Waals surface area contributed by atoms with Gasteiger partial charge in [-0.05, 0) is 12.3 Å². The summed E-state index contributed by atoms with van der Waals surface area (Å²) in [6.45, 7) is 1.88. The second kappa shape index (κ2) is 1.67. The van der Waals surface area contributed by atoms with Crippen LogP contribution in [0.2, 0.25) is 0 Å². The highest BCUT2D eigenvalue weighted by molar-refractivity contribution is 4.78. The summed E-state index contributed by atoms with van der Waals surface area (Å²) in [5.41, 5.74) is 0. The van der Waals surface area contributed by atoms with E-state index in [4.69, 9.17) is 0 Å². The number of rotatable bonds is 0. The molecule has 0 saturated heterocycles. The van der Waals surface area contributed by atoms with Gasteiger partial charge in [0.05, 0.1) is 0 Å². The fourth-order valence-corrected chi connectivity index (χ4v) is 1.17. The molecular weight excluding hydrogens is 110 g/mol. The van der Waals surface area contributed by atoms with Gasteiger partial charge >= 0.3 is 0 Å². The summed E-state index contributed by atoms with van der Waals surface area (Å²) in [6.07, 6.45) is 0.911. The summed E-state index contributed by atoms with van der Waals surface area (Å²) in [5.74, 6) is -2.09. The maximum absolute atomic E-state index is 12.2. The van der Waals surface area contributed by atoms with Gasteiger partial charge in [-0.25, -0.2) is 8.78 Å². The standard InChI is InChI=1S/C6H10F2/c1-5-2-3-6(7,8)4-5/h5H,2-4H2,1H3/t5-/m1/s1. The molecular formula is C6H10F2. The summed E-state index contributed by atoms with van der Waals surface area (Å²) < 4.78 is 24.4. The zero-order valence-electron chi connectivity index (χ0n) is 4.95. The van der Waals surface area contributed by atoms with Crippen LogP contribution >= 0.6 is 0 Å². The topological polar surface area (TPSA) is 0 Å². The molecule has 1 fully saturated rings. The van der Waals surface area contributed by atoms with Gasteiger partial charge in [0.25, 0.3) is 0 Å². The van der Waals surface area contributed by atoms with Crippen molar-refractivity contribution in [1.29, 1.82) is 0 Å². The molecule has 0 bridgehead atoms. The van der Waals surface area contributed by atoms with E-state index in [-0.39, 0.29) is 18.8 Å². The van der Waals surface area contributed by atoms with Crippen LogP contribution in [0.15, 0.2) is 0 Å². The van der Waals surface area contributed by atoms with E-state index >= 15 is 0 Å². The summed E-state index contributed by atoms with van der Waals surface area (Å²) in [6, 6.07) is 0. The first-order valence-electron chi connectivity index (χ1n) is 2.98. The molecule has 48 valence electrons. The quantitative estimate of drug-likeness (QED) is 0.460. The molecule has 0 spiro atoms. The lowest BCUT2D eigenvalue weighted by Gasteiger charge is -2.04. The van der Waals surface area contributed by atoms with Crippen LogP contribution in [0, 0.1) is 5.92 Å². The van der Waals surface area contributed by atoms with Crippen LogP contribution in [0.1, 0.15) is 26.2 Å². The maximum atomic E-state index is 12.2. The predicted molar refractivity (Wildman–Crippen MR) is 28.0 cm³/mol. The number of hydrogen-bond donors (Lipinski definition) is 0. The van der Waals surface area contributed by atoms with E-state index in [2.05, 4.69) is 0 Å². The molecule has 1 aliphatic carbocycles. The molecule has 0 amide bonds. The highest BCUT2D eigenvalue weighted by atomic mass is 19.3. The minimum atomic E-state index is -2.33. The molecule has 0 aromatic rings. The Hall–Kier alpha value is -0.140. The second-order valence-corrected chi connectivity index (χ2v) is 2.70. The smallest absolute Gasteiger partial charge is 0.207 e. The van der Waals surface area contributed by atoms with E-state index in [1.54, 1.807) is 0 Å². The molecule has 8 heavy (non-hydrogen) atoms. The van der Waals surface area contributed by atoms with Gasteiger partial charge in [0.2, 0.25) is 5.92 Å². The van der Waals surface area contributed by atoms with Crippen molar-refractivity contribution >= 4 is 0 Å². The van der Waals surface area contributed by atoms with Crippen molar-refractivity contribution in [2.24, 2.45) is 5.92 Å². The Balaban J connectivity index is 2.44. The Kier molecular flexibility index (Phi) is 1.25. The van der Waals surface area contributed by atoms with Crippen molar-refractivity contribution in [3.8, 4) is 0 Å². The van der Waals surface area contributed by atoms with E-state index in [0.717, 1.165) is 0 Å². The van der Waals surface area contributed by atoms with Crippen LogP contribution < -0.4 is 0 Å². The molecule has 0 N–H and O–H groups in total. The molecule has 0 aromatic heterocycles. The first-order valence-corrected chi connectivity index (χ1v) is 2.98. The average Bonchev–Trinajstić information content (AvgIpc) is 1.82. The third-order valence-corrected chi connectivity index (χ3v) is 1.65. The van der Waals surface area contributed by atoms with E-state index in [0.29, 0.717) is 6.42 Å². The molecule has 1 atom stereocenters. The predicted octanol–water partition coefficient (Wildman–Crippen LogP) is 2.44.